The maximum absolute atomic E-state index is 11.0. The van der Waals surface area contributed by atoms with Gasteiger partial charge in [-0.15, -0.1) is 5.92 Å². The third-order valence-corrected chi connectivity index (χ3v) is 2.77. The quantitative estimate of drug-likeness (QED) is 0.623. The maximum Gasteiger partial charge on any atom is 0.228 e. The molecule has 0 saturated carbocycles. The van der Waals surface area contributed by atoms with Gasteiger partial charge >= 0.3 is 0 Å². The molecule has 1 N–H and O–H groups in total. The molecule has 0 radical (unpaired) electrons. The van der Waals surface area contributed by atoms with Crippen molar-refractivity contribution in [3.8, 4) is 17.9 Å². The van der Waals surface area contributed by atoms with E-state index in [1.54, 1.807) is 13.0 Å². The molecule has 0 aromatic rings. The third kappa shape index (κ3) is 3.38. The van der Waals surface area contributed by atoms with E-state index < -0.39 is 15.3 Å². The predicted molar refractivity (Wildman–Crippen MR) is 45.4 cm³/mol. The first-order chi connectivity index (χ1) is 5.54. The van der Waals surface area contributed by atoms with E-state index in [1.807, 2.05) is 0 Å². The highest BCUT2D eigenvalue weighted by molar-refractivity contribution is 7.90. The second kappa shape index (κ2) is 4.76. The Morgan fingerprint density at radius 1 is 1.58 bits per heavy atom. The fourth-order valence-corrected chi connectivity index (χ4v) is 1.08. The minimum atomic E-state index is -3.50. The average molecular weight is 186 g/mol. The van der Waals surface area contributed by atoms with Crippen LogP contribution in [0.2, 0.25) is 0 Å². The van der Waals surface area contributed by atoms with Crippen LogP contribution in [-0.2, 0) is 10.0 Å². The van der Waals surface area contributed by atoms with Crippen LogP contribution in [0.4, 0.5) is 0 Å². The summed E-state index contributed by atoms with van der Waals surface area (Å²) in [4.78, 5) is 0. The second-order valence-corrected chi connectivity index (χ2v) is 4.15. The van der Waals surface area contributed by atoms with Gasteiger partial charge in [-0.2, -0.15) is 5.26 Å². The van der Waals surface area contributed by atoms with Gasteiger partial charge in [0.2, 0.25) is 10.0 Å². The Balaban J connectivity index is 4.24. The Bertz CT molecular complexity index is 329. The van der Waals surface area contributed by atoms with Crippen molar-refractivity contribution >= 4 is 10.0 Å². The zero-order chi connectivity index (χ0) is 9.61. The molecule has 0 spiro atoms. The number of nitrogens with zero attached hydrogens (tertiary/aromatic N) is 1. The third-order valence-electron chi connectivity index (χ3n) is 1.19. The summed E-state index contributed by atoms with van der Waals surface area (Å²) in [6, 6.07) is 1.63. The van der Waals surface area contributed by atoms with Crippen molar-refractivity contribution in [1.29, 1.82) is 5.26 Å². The van der Waals surface area contributed by atoms with Crippen LogP contribution in [0.15, 0.2) is 0 Å². The van der Waals surface area contributed by atoms with Crippen LogP contribution in [0.5, 0.6) is 0 Å². The van der Waals surface area contributed by atoms with E-state index in [2.05, 4.69) is 16.6 Å². The van der Waals surface area contributed by atoms with Crippen molar-refractivity contribution in [2.45, 2.75) is 19.1 Å². The SMILES string of the molecule is CC#CCNS(=O)(=O)C(C)C#N. The average Bonchev–Trinajstić information content (AvgIpc) is 2.03. The van der Waals surface area contributed by atoms with E-state index in [4.69, 9.17) is 5.26 Å². The molecule has 5 heteroatoms. The summed E-state index contributed by atoms with van der Waals surface area (Å²) in [5, 5.41) is 7.29. The normalized spacial score (nSPS) is 12.4. The zero-order valence-electron chi connectivity index (χ0n) is 6.96. The van der Waals surface area contributed by atoms with Gasteiger partial charge in [0.25, 0.3) is 0 Å². The Kier molecular flexibility index (Phi) is 4.35. The highest BCUT2D eigenvalue weighted by Crippen LogP contribution is 1.94. The van der Waals surface area contributed by atoms with Crippen molar-refractivity contribution in [1.82, 2.24) is 4.72 Å². The van der Waals surface area contributed by atoms with E-state index in [9.17, 15) is 8.42 Å². The van der Waals surface area contributed by atoms with E-state index >= 15 is 0 Å². The Morgan fingerprint density at radius 2 is 2.17 bits per heavy atom. The molecule has 0 bridgehead atoms. The fourth-order valence-electron chi connectivity index (χ4n) is 0.419. The van der Waals surface area contributed by atoms with E-state index in [-0.39, 0.29) is 6.54 Å². The molecule has 0 saturated heterocycles. The minimum absolute atomic E-state index is 0.0604. The van der Waals surface area contributed by atoms with Crippen LogP contribution in [-0.4, -0.2) is 20.2 Å². The zero-order valence-corrected chi connectivity index (χ0v) is 7.77. The van der Waals surface area contributed by atoms with Crippen LogP contribution in [0, 0.1) is 23.2 Å². The number of nitriles is 1. The molecule has 1 unspecified atom stereocenters. The lowest BCUT2D eigenvalue weighted by atomic mass is 10.5. The van der Waals surface area contributed by atoms with Gasteiger partial charge in [0.05, 0.1) is 12.6 Å². The molecular weight excluding hydrogens is 176 g/mol. The second-order valence-electron chi connectivity index (χ2n) is 2.06. The van der Waals surface area contributed by atoms with Crippen molar-refractivity contribution in [3.63, 3.8) is 0 Å². The lowest BCUT2D eigenvalue weighted by Gasteiger charge is -2.03. The van der Waals surface area contributed by atoms with Gasteiger partial charge in [-0.3, -0.25) is 0 Å². The van der Waals surface area contributed by atoms with Gasteiger partial charge in [0.15, 0.2) is 5.25 Å². The van der Waals surface area contributed by atoms with Crippen molar-refractivity contribution < 1.29 is 8.42 Å². The highest BCUT2D eigenvalue weighted by Gasteiger charge is 2.18. The lowest BCUT2D eigenvalue weighted by molar-refractivity contribution is 0.581. The molecule has 12 heavy (non-hydrogen) atoms. The number of nitrogens with one attached hydrogen (secondary N) is 1. The number of sulfonamides is 1. The first kappa shape index (κ1) is 11.0. The smallest absolute Gasteiger partial charge is 0.211 e. The molecule has 0 aromatic heterocycles. The molecule has 0 aromatic carbocycles. The van der Waals surface area contributed by atoms with Crippen molar-refractivity contribution in [2.75, 3.05) is 6.54 Å². The van der Waals surface area contributed by atoms with Crippen molar-refractivity contribution in [2.24, 2.45) is 0 Å². The monoisotopic (exact) mass is 186 g/mol. The molecular formula is C7H10N2O2S. The van der Waals surface area contributed by atoms with Gasteiger partial charge < -0.3 is 0 Å². The molecule has 0 aliphatic heterocycles. The molecule has 1 atom stereocenters. The lowest BCUT2D eigenvalue weighted by Crippen LogP contribution is -2.31. The number of rotatable bonds is 3. The fraction of sp³-hybridized carbons (Fsp3) is 0.571. The van der Waals surface area contributed by atoms with Gasteiger partial charge in [-0.25, -0.2) is 13.1 Å². The van der Waals surface area contributed by atoms with Crippen LogP contribution in [0.1, 0.15) is 13.8 Å². The van der Waals surface area contributed by atoms with E-state index in [1.165, 1.54) is 6.92 Å². The van der Waals surface area contributed by atoms with Crippen LogP contribution < -0.4 is 4.72 Å². The molecule has 0 aliphatic carbocycles. The Morgan fingerprint density at radius 3 is 2.58 bits per heavy atom. The van der Waals surface area contributed by atoms with Crippen LogP contribution in [0.25, 0.3) is 0 Å². The number of hydrogen-bond donors (Lipinski definition) is 1. The molecule has 0 aliphatic rings. The van der Waals surface area contributed by atoms with Gasteiger partial charge in [-0.05, 0) is 13.8 Å². The van der Waals surface area contributed by atoms with Crippen LogP contribution >= 0.6 is 0 Å². The summed E-state index contributed by atoms with van der Waals surface area (Å²) < 4.78 is 24.3. The molecule has 4 nitrogen and oxygen atoms in total. The summed E-state index contributed by atoms with van der Waals surface area (Å²) in [5.74, 6) is 5.07. The minimum Gasteiger partial charge on any atom is -0.211 e. The Hall–Kier alpha value is -1.04. The standard InChI is InChI=1S/C7H10N2O2S/c1-3-4-5-9-12(10,11)7(2)6-8/h7,9H,5H2,1-2H3. The van der Waals surface area contributed by atoms with Gasteiger partial charge in [0.1, 0.15) is 0 Å². The topological polar surface area (TPSA) is 70.0 Å². The molecule has 0 amide bonds. The van der Waals surface area contributed by atoms with E-state index in [0.29, 0.717) is 0 Å². The summed E-state index contributed by atoms with van der Waals surface area (Å²) in [5.41, 5.74) is 0. The molecule has 0 fully saturated rings. The Labute approximate surface area is 72.6 Å². The summed E-state index contributed by atoms with van der Waals surface area (Å²) in [7, 11) is -3.50. The largest absolute Gasteiger partial charge is 0.228 e. The maximum atomic E-state index is 11.0. The van der Waals surface area contributed by atoms with Crippen LogP contribution in [0.3, 0.4) is 0 Å². The summed E-state index contributed by atoms with van der Waals surface area (Å²) in [6.45, 7) is 2.99. The predicted octanol–water partition coefficient (Wildman–Crippen LogP) is -0.159. The highest BCUT2D eigenvalue weighted by atomic mass is 32.2. The van der Waals surface area contributed by atoms with Gasteiger partial charge in [0, 0.05) is 0 Å². The summed E-state index contributed by atoms with van der Waals surface area (Å²) >= 11 is 0. The number of hydrogen-bond acceptors (Lipinski definition) is 3. The first-order valence-electron chi connectivity index (χ1n) is 3.32. The van der Waals surface area contributed by atoms with Gasteiger partial charge in [-0.1, -0.05) is 5.92 Å². The molecule has 0 rings (SSSR count). The molecule has 0 heterocycles. The summed E-state index contributed by atoms with van der Waals surface area (Å²) in [6.07, 6.45) is 0. The van der Waals surface area contributed by atoms with E-state index in [0.717, 1.165) is 0 Å². The molecule has 66 valence electrons. The van der Waals surface area contributed by atoms with Crippen molar-refractivity contribution in [3.05, 3.63) is 0 Å². The first-order valence-corrected chi connectivity index (χ1v) is 4.87.